The van der Waals surface area contributed by atoms with Gasteiger partial charge in [0.1, 0.15) is 5.75 Å². The number of hydrogen-bond acceptors (Lipinski definition) is 3. The predicted octanol–water partition coefficient (Wildman–Crippen LogP) is 2.43. The molecule has 0 bridgehead atoms. The Kier molecular flexibility index (Phi) is 5.88. The zero-order valence-corrected chi connectivity index (χ0v) is 10.5. The van der Waals surface area contributed by atoms with Crippen molar-refractivity contribution in [3.8, 4) is 5.75 Å². The van der Waals surface area contributed by atoms with Crippen molar-refractivity contribution < 1.29 is 14.3 Å². The second-order valence-electron chi connectivity index (χ2n) is 3.64. The fourth-order valence-electron chi connectivity index (χ4n) is 1.42. The number of benzene rings is 1. The van der Waals surface area contributed by atoms with E-state index in [1.807, 2.05) is 0 Å². The van der Waals surface area contributed by atoms with Crippen LogP contribution in [0, 0.1) is 0 Å². The highest BCUT2D eigenvalue weighted by Gasteiger charge is 2.13. The van der Waals surface area contributed by atoms with Crippen molar-refractivity contribution in [3.05, 3.63) is 49.6 Å². The molecule has 0 fully saturated rings. The summed E-state index contributed by atoms with van der Waals surface area (Å²) in [5.41, 5.74) is 0.555. The number of rotatable bonds is 7. The minimum Gasteiger partial charge on any atom is -0.410 e. The third-order valence-corrected chi connectivity index (χ3v) is 2.22. The number of carbonyl (C=O) groups is 2. The molecule has 0 heterocycles. The topological polar surface area (TPSA) is 58.6 Å². The van der Waals surface area contributed by atoms with Crippen LogP contribution in [0.3, 0.4) is 0 Å². The van der Waals surface area contributed by atoms with Crippen molar-refractivity contribution in [3.63, 3.8) is 0 Å². The number of nitrogens with one attached hydrogen (secondary N) is 1. The Morgan fingerprint density at radius 1 is 1.32 bits per heavy atom. The first-order valence-corrected chi connectivity index (χ1v) is 5.70. The number of ether oxygens (including phenoxy) is 1. The third kappa shape index (κ3) is 4.67. The van der Waals surface area contributed by atoms with Crippen LogP contribution in [-0.2, 0) is 4.79 Å². The molecular weight excluding hydrogens is 244 g/mol. The SMILES string of the molecule is C=CCN(CC=C)C(=O)Oc1cccc(NC=O)c1. The van der Waals surface area contributed by atoms with Crippen LogP contribution in [0.25, 0.3) is 0 Å². The first-order chi connectivity index (χ1) is 9.21. The molecule has 0 saturated carbocycles. The second kappa shape index (κ2) is 7.71. The van der Waals surface area contributed by atoms with Crippen LogP contribution in [0.1, 0.15) is 0 Å². The van der Waals surface area contributed by atoms with Crippen molar-refractivity contribution in [1.82, 2.24) is 4.90 Å². The highest BCUT2D eigenvalue weighted by atomic mass is 16.6. The van der Waals surface area contributed by atoms with Gasteiger partial charge in [-0.1, -0.05) is 18.2 Å². The summed E-state index contributed by atoms with van der Waals surface area (Å²) in [6.07, 6.45) is 3.27. The molecule has 0 aliphatic rings. The standard InChI is InChI=1S/C14H16N2O3/c1-3-8-16(9-4-2)14(18)19-13-7-5-6-12(10-13)15-11-17/h3-7,10-11H,1-2,8-9H2,(H,15,17). The van der Waals surface area contributed by atoms with Crippen LogP contribution in [0.5, 0.6) is 5.75 Å². The maximum absolute atomic E-state index is 11.9. The van der Waals surface area contributed by atoms with Gasteiger partial charge < -0.3 is 15.0 Å². The van der Waals surface area contributed by atoms with Crippen molar-refractivity contribution >= 4 is 18.2 Å². The third-order valence-electron chi connectivity index (χ3n) is 2.22. The fourth-order valence-corrected chi connectivity index (χ4v) is 1.42. The Labute approximate surface area is 112 Å². The summed E-state index contributed by atoms with van der Waals surface area (Å²) >= 11 is 0. The lowest BCUT2D eigenvalue weighted by Crippen LogP contribution is -2.33. The van der Waals surface area contributed by atoms with E-state index in [-0.39, 0.29) is 0 Å². The van der Waals surface area contributed by atoms with E-state index >= 15 is 0 Å². The van der Waals surface area contributed by atoms with E-state index in [0.717, 1.165) is 0 Å². The highest BCUT2D eigenvalue weighted by molar-refractivity contribution is 5.74. The fraction of sp³-hybridized carbons (Fsp3) is 0.143. The molecule has 0 aromatic heterocycles. The Balaban J connectivity index is 2.73. The van der Waals surface area contributed by atoms with Gasteiger partial charge in [-0.3, -0.25) is 4.79 Å². The van der Waals surface area contributed by atoms with Gasteiger partial charge in [-0.15, -0.1) is 13.2 Å². The lowest BCUT2D eigenvalue weighted by Gasteiger charge is -2.18. The largest absolute Gasteiger partial charge is 0.415 e. The van der Waals surface area contributed by atoms with Crippen molar-refractivity contribution in [2.24, 2.45) is 0 Å². The average molecular weight is 260 g/mol. The lowest BCUT2D eigenvalue weighted by atomic mass is 10.3. The summed E-state index contributed by atoms with van der Waals surface area (Å²) in [7, 11) is 0. The van der Waals surface area contributed by atoms with Crippen LogP contribution in [0.4, 0.5) is 10.5 Å². The Morgan fingerprint density at radius 2 is 2.00 bits per heavy atom. The van der Waals surface area contributed by atoms with Gasteiger partial charge in [-0.2, -0.15) is 0 Å². The smallest absolute Gasteiger partial charge is 0.410 e. The summed E-state index contributed by atoms with van der Waals surface area (Å²) in [4.78, 5) is 23.7. The molecular formula is C14H16N2O3. The first-order valence-electron chi connectivity index (χ1n) is 5.70. The number of nitrogens with zero attached hydrogens (tertiary/aromatic N) is 1. The maximum atomic E-state index is 11.9. The Bertz CT molecular complexity index is 462. The highest BCUT2D eigenvalue weighted by Crippen LogP contribution is 2.17. The quantitative estimate of drug-likeness (QED) is 0.605. The molecule has 1 N–H and O–H groups in total. The van der Waals surface area contributed by atoms with Gasteiger partial charge in [0.2, 0.25) is 6.41 Å². The molecule has 0 radical (unpaired) electrons. The monoisotopic (exact) mass is 260 g/mol. The summed E-state index contributed by atoms with van der Waals surface area (Å²) < 4.78 is 5.20. The van der Waals surface area contributed by atoms with Crippen LogP contribution >= 0.6 is 0 Å². The van der Waals surface area contributed by atoms with Gasteiger partial charge in [0.05, 0.1) is 0 Å². The van der Waals surface area contributed by atoms with Gasteiger partial charge in [-0.05, 0) is 12.1 Å². The van der Waals surface area contributed by atoms with Crippen LogP contribution in [0.15, 0.2) is 49.6 Å². The van der Waals surface area contributed by atoms with E-state index in [1.54, 1.807) is 36.4 Å². The first kappa shape index (κ1) is 14.5. The molecule has 0 spiro atoms. The molecule has 0 unspecified atom stereocenters. The molecule has 0 aliphatic carbocycles. The van der Waals surface area contributed by atoms with E-state index in [4.69, 9.17) is 4.74 Å². The zero-order chi connectivity index (χ0) is 14.1. The molecule has 0 atom stereocenters. The van der Waals surface area contributed by atoms with Crippen molar-refractivity contribution in [1.29, 1.82) is 0 Å². The molecule has 1 rings (SSSR count). The van der Waals surface area contributed by atoms with Gasteiger partial charge in [0, 0.05) is 24.8 Å². The minimum atomic E-state index is -0.497. The predicted molar refractivity (Wildman–Crippen MR) is 74.1 cm³/mol. The summed E-state index contributed by atoms with van der Waals surface area (Å²) in [6.45, 7) is 7.90. The molecule has 2 amide bonds. The second-order valence-corrected chi connectivity index (χ2v) is 3.64. The van der Waals surface area contributed by atoms with Gasteiger partial charge >= 0.3 is 6.09 Å². The summed E-state index contributed by atoms with van der Waals surface area (Å²) in [5, 5.41) is 2.48. The zero-order valence-electron chi connectivity index (χ0n) is 10.5. The minimum absolute atomic E-state index is 0.356. The molecule has 1 aromatic carbocycles. The normalized spacial score (nSPS) is 9.26. The van der Waals surface area contributed by atoms with Crippen molar-refractivity contribution in [2.75, 3.05) is 18.4 Å². The Hall–Kier alpha value is -2.56. The van der Waals surface area contributed by atoms with Gasteiger partial charge in [-0.25, -0.2) is 4.79 Å². The van der Waals surface area contributed by atoms with Crippen LogP contribution in [-0.4, -0.2) is 30.5 Å². The van der Waals surface area contributed by atoms with E-state index in [9.17, 15) is 9.59 Å². The van der Waals surface area contributed by atoms with Crippen molar-refractivity contribution in [2.45, 2.75) is 0 Å². The number of hydrogen-bond donors (Lipinski definition) is 1. The van der Waals surface area contributed by atoms with Gasteiger partial charge in [0.25, 0.3) is 0 Å². The average Bonchev–Trinajstić information content (AvgIpc) is 2.39. The van der Waals surface area contributed by atoms with Crippen LogP contribution in [0.2, 0.25) is 0 Å². The lowest BCUT2D eigenvalue weighted by molar-refractivity contribution is -0.105. The number of anilines is 1. The molecule has 0 aliphatic heterocycles. The van der Waals surface area contributed by atoms with E-state index in [1.165, 1.54) is 4.90 Å². The van der Waals surface area contributed by atoms with Crippen LogP contribution < -0.4 is 10.1 Å². The molecule has 5 heteroatoms. The molecule has 1 aromatic rings. The molecule has 5 nitrogen and oxygen atoms in total. The van der Waals surface area contributed by atoms with E-state index in [0.29, 0.717) is 30.9 Å². The number of carbonyl (C=O) groups excluding carboxylic acids is 2. The van der Waals surface area contributed by atoms with E-state index < -0.39 is 6.09 Å². The van der Waals surface area contributed by atoms with Gasteiger partial charge in [0.15, 0.2) is 0 Å². The molecule has 19 heavy (non-hydrogen) atoms. The van der Waals surface area contributed by atoms with E-state index in [2.05, 4.69) is 18.5 Å². The number of amides is 2. The maximum Gasteiger partial charge on any atom is 0.415 e. The summed E-state index contributed by atoms with van der Waals surface area (Å²) in [6, 6.07) is 6.57. The molecule has 100 valence electrons. The molecule has 0 saturated heterocycles. The Morgan fingerprint density at radius 3 is 2.58 bits per heavy atom. The summed E-state index contributed by atoms with van der Waals surface area (Å²) in [5.74, 6) is 0.356.